The van der Waals surface area contributed by atoms with Crippen molar-refractivity contribution in [3.05, 3.63) is 225 Å². The highest BCUT2D eigenvalue weighted by atomic mass is 15.2. The fourth-order valence-corrected chi connectivity index (χ4v) is 9.23. The number of nitrogens with two attached hydrogens (primary N) is 1. The van der Waals surface area contributed by atoms with Crippen LogP contribution in [0.15, 0.2) is 180 Å². The third-order valence-electron chi connectivity index (χ3n) is 11.8. The molecule has 0 bridgehead atoms. The summed E-state index contributed by atoms with van der Waals surface area (Å²) in [6, 6.07) is 63.1. The minimum absolute atomic E-state index is 0.119. The van der Waals surface area contributed by atoms with Gasteiger partial charge in [0.25, 0.3) is 0 Å². The van der Waals surface area contributed by atoms with Crippen molar-refractivity contribution < 1.29 is 5.32 Å². The van der Waals surface area contributed by atoms with Gasteiger partial charge in [0.15, 0.2) is 5.84 Å². The van der Waals surface area contributed by atoms with Crippen molar-refractivity contribution in [2.45, 2.75) is 30.8 Å². The Morgan fingerprint density at radius 2 is 1.11 bits per heavy atom. The van der Waals surface area contributed by atoms with E-state index in [1.807, 2.05) is 54.6 Å². The van der Waals surface area contributed by atoms with Gasteiger partial charge in [-0.05, 0) is 86.0 Å². The SMILES string of the molecule is CC1(C)c2ccccc2C2(c3ccccc3-c3cc(-c4ccc(C5=NC(c6ccccc6)=NC(c6cccc(C#N)c6)[NH2+]5)cc4)ccc32)c2ccccc21. The second kappa shape index (κ2) is 12.2. The van der Waals surface area contributed by atoms with Crippen LogP contribution >= 0.6 is 0 Å². The minimum Gasteiger partial charge on any atom is -0.272 e. The lowest BCUT2D eigenvalue weighted by Crippen LogP contribution is -2.90. The van der Waals surface area contributed by atoms with Crippen molar-refractivity contribution in [2.75, 3.05) is 0 Å². The first-order valence-electron chi connectivity index (χ1n) is 18.6. The van der Waals surface area contributed by atoms with Crippen LogP contribution in [0, 0.1) is 11.3 Å². The average Bonchev–Trinajstić information content (AvgIpc) is 3.53. The van der Waals surface area contributed by atoms with Crippen molar-refractivity contribution >= 4 is 11.7 Å². The van der Waals surface area contributed by atoms with Gasteiger partial charge in [0, 0.05) is 16.5 Å². The highest BCUT2D eigenvalue weighted by Crippen LogP contribution is 2.62. The maximum absolute atomic E-state index is 9.58. The molecule has 1 spiro atoms. The van der Waals surface area contributed by atoms with Crippen LogP contribution in [-0.4, -0.2) is 11.7 Å². The summed E-state index contributed by atoms with van der Waals surface area (Å²) in [5, 5.41) is 11.7. The van der Waals surface area contributed by atoms with Crippen LogP contribution < -0.4 is 5.32 Å². The van der Waals surface area contributed by atoms with Gasteiger partial charge in [-0.2, -0.15) is 10.3 Å². The van der Waals surface area contributed by atoms with Crippen molar-refractivity contribution in [3.8, 4) is 28.3 Å². The number of quaternary nitrogens is 1. The van der Waals surface area contributed by atoms with Gasteiger partial charge in [0.1, 0.15) is 0 Å². The number of aliphatic imine (C=N–C) groups is 2. The molecule has 7 aromatic rings. The normalized spacial score (nSPS) is 16.9. The summed E-state index contributed by atoms with van der Waals surface area (Å²) in [5.41, 5.74) is 16.2. The average molecular weight is 694 g/mol. The van der Waals surface area contributed by atoms with Crippen LogP contribution in [0.3, 0.4) is 0 Å². The number of fused-ring (bicyclic) bond motifs is 9. The first-order chi connectivity index (χ1) is 26.5. The Bertz CT molecular complexity index is 2680. The summed E-state index contributed by atoms with van der Waals surface area (Å²) in [4.78, 5) is 10.1. The molecule has 4 nitrogen and oxygen atoms in total. The summed E-state index contributed by atoms with van der Waals surface area (Å²) in [5.74, 6) is 1.55. The first kappa shape index (κ1) is 32.0. The molecule has 0 saturated heterocycles. The molecule has 54 heavy (non-hydrogen) atoms. The third kappa shape index (κ3) is 4.72. The molecule has 3 aliphatic rings. The van der Waals surface area contributed by atoms with E-state index in [1.165, 1.54) is 50.1 Å². The highest BCUT2D eigenvalue weighted by Gasteiger charge is 2.53. The molecule has 0 radical (unpaired) electrons. The number of hydrogen-bond acceptors (Lipinski definition) is 3. The molecule has 2 aliphatic carbocycles. The molecule has 4 heteroatoms. The fourth-order valence-electron chi connectivity index (χ4n) is 9.23. The summed E-state index contributed by atoms with van der Waals surface area (Å²) >= 11 is 0. The van der Waals surface area contributed by atoms with Gasteiger partial charge < -0.3 is 0 Å². The Morgan fingerprint density at radius 1 is 0.519 bits per heavy atom. The molecular weight excluding hydrogens is 657 g/mol. The zero-order chi connectivity index (χ0) is 36.4. The lowest BCUT2D eigenvalue weighted by atomic mass is 9.55. The number of nitrogens with zero attached hydrogens (tertiary/aromatic N) is 3. The molecule has 2 N–H and O–H groups in total. The van der Waals surface area contributed by atoms with Gasteiger partial charge in [-0.3, -0.25) is 5.32 Å². The van der Waals surface area contributed by atoms with Gasteiger partial charge in [0.05, 0.1) is 22.6 Å². The summed E-state index contributed by atoms with van der Waals surface area (Å²) < 4.78 is 0. The molecule has 1 unspecified atom stereocenters. The van der Waals surface area contributed by atoms with Crippen LogP contribution in [-0.2, 0) is 10.8 Å². The summed E-state index contributed by atoms with van der Waals surface area (Å²) in [6.45, 7) is 4.73. The highest BCUT2D eigenvalue weighted by molar-refractivity contribution is 6.09. The Labute approximate surface area is 315 Å². The van der Waals surface area contributed by atoms with E-state index in [9.17, 15) is 5.26 Å². The number of benzene rings is 7. The molecule has 0 fully saturated rings. The molecule has 0 aromatic heterocycles. The van der Waals surface area contributed by atoms with E-state index in [0.717, 1.165) is 28.1 Å². The molecule has 256 valence electrons. The van der Waals surface area contributed by atoms with Crippen molar-refractivity contribution in [1.29, 1.82) is 5.26 Å². The van der Waals surface area contributed by atoms with Gasteiger partial charge in [-0.1, -0.05) is 153 Å². The van der Waals surface area contributed by atoms with E-state index in [2.05, 4.69) is 140 Å². The second-order valence-electron chi connectivity index (χ2n) is 15.0. The van der Waals surface area contributed by atoms with Crippen molar-refractivity contribution in [1.82, 2.24) is 0 Å². The fraction of sp³-hybridized carbons (Fsp3) is 0.100. The minimum atomic E-state index is -0.396. The Morgan fingerprint density at radius 3 is 1.81 bits per heavy atom. The first-order valence-corrected chi connectivity index (χ1v) is 18.6. The van der Waals surface area contributed by atoms with Crippen LogP contribution in [0.25, 0.3) is 22.3 Å². The maximum Gasteiger partial charge on any atom is 0.235 e. The standard InChI is InChI=1S/C50H36N4/c1-49(2)42-19-8-10-21-44(42)50(45-22-11-9-20-43(45)49)40-18-7-6-17-38(40)39-30-36(27-28-41(39)50)33-23-25-35(26-24-33)47-52-46(34-14-4-3-5-15-34)53-48(54-47)37-16-12-13-32(29-37)31-51/h3-30,48H,1-2H3,(H,52,53,54)/p+1. The quantitative estimate of drug-likeness (QED) is 0.196. The summed E-state index contributed by atoms with van der Waals surface area (Å²) in [7, 11) is 0. The Balaban J connectivity index is 1.06. The topological polar surface area (TPSA) is 65.1 Å². The maximum atomic E-state index is 9.58. The van der Waals surface area contributed by atoms with E-state index < -0.39 is 5.41 Å². The molecule has 1 aliphatic heterocycles. The third-order valence-corrected chi connectivity index (χ3v) is 11.8. The molecule has 1 atom stereocenters. The van der Waals surface area contributed by atoms with E-state index in [4.69, 9.17) is 9.98 Å². The molecule has 10 rings (SSSR count). The predicted octanol–water partition coefficient (Wildman–Crippen LogP) is 9.70. The Hall–Kier alpha value is -6.67. The monoisotopic (exact) mass is 693 g/mol. The van der Waals surface area contributed by atoms with E-state index >= 15 is 0 Å². The predicted molar refractivity (Wildman–Crippen MR) is 217 cm³/mol. The van der Waals surface area contributed by atoms with E-state index in [0.29, 0.717) is 11.4 Å². The Kier molecular flexibility index (Phi) is 7.23. The number of nitriles is 1. The zero-order valence-corrected chi connectivity index (χ0v) is 30.2. The van der Waals surface area contributed by atoms with Gasteiger partial charge in [-0.15, -0.1) is 0 Å². The van der Waals surface area contributed by atoms with Crippen molar-refractivity contribution in [2.24, 2.45) is 9.98 Å². The van der Waals surface area contributed by atoms with Gasteiger partial charge >= 0.3 is 0 Å². The lowest BCUT2D eigenvalue weighted by molar-refractivity contribution is -0.586. The number of hydrogen-bond donors (Lipinski definition) is 1. The second-order valence-corrected chi connectivity index (χ2v) is 15.0. The molecule has 1 heterocycles. The summed E-state index contributed by atoms with van der Waals surface area (Å²) in [6.07, 6.45) is -0.259. The van der Waals surface area contributed by atoms with Crippen LogP contribution in [0.2, 0.25) is 0 Å². The smallest absolute Gasteiger partial charge is 0.235 e. The van der Waals surface area contributed by atoms with Crippen molar-refractivity contribution in [3.63, 3.8) is 0 Å². The van der Waals surface area contributed by atoms with Crippen LogP contribution in [0.5, 0.6) is 0 Å². The zero-order valence-electron chi connectivity index (χ0n) is 30.2. The van der Waals surface area contributed by atoms with E-state index in [1.54, 1.807) is 0 Å². The van der Waals surface area contributed by atoms with Crippen LogP contribution in [0.1, 0.15) is 75.6 Å². The largest absolute Gasteiger partial charge is 0.272 e. The molecule has 7 aromatic carbocycles. The van der Waals surface area contributed by atoms with Gasteiger partial charge in [0.2, 0.25) is 12.0 Å². The molecule has 0 amide bonds. The lowest BCUT2D eigenvalue weighted by Gasteiger charge is -2.46. The number of amidine groups is 2. The van der Waals surface area contributed by atoms with E-state index in [-0.39, 0.29) is 11.6 Å². The number of rotatable bonds is 4. The molecular formula is C50H37N4+. The molecule has 0 saturated carbocycles. The van der Waals surface area contributed by atoms with Crippen LogP contribution in [0.4, 0.5) is 0 Å². The van der Waals surface area contributed by atoms with Gasteiger partial charge in [-0.25, -0.2) is 4.99 Å².